The summed E-state index contributed by atoms with van der Waals surface area (Å²) in [5.41, 5.74) is -1.80. The minimum absolute atomic E-state index is 0.0671. The molecule has 0 amide bonds. The summed E-state index contributed by atoms with van der Waals surface area (Å²) in [5.74, 6) is -3.69. The molecule has 98 valence electrons. The van der Waals surface area contributed by atoms with E-state index < -0.39 is 17.5 Å². The first-order chi connectivity index (χ1) is 8.33. The van der Waals surface area contributed by atoms with Gasteiger partial charge < -0.3 is 20.4 Å². The van der Waals surface area contributed by atoms with Crippen LogP contribution in [0.1, 0.15) is 16.7 Å². The highest BCUT2D eigenvalue weighted by atomic mass is 16.4. The number of rotatable bonds is 5. The Labute approximate surface area is 103 Å². The van der Waals surface area contributed by atoms with Crippen LogP contribution in [0, 0.1) is 6.92 Å². The van der Waals surface area contributed by atoms with Crippen LogP contribution in [0.2, 0.25) is 0 Å². The first-order valence-corrected chi connectivity index (χ1v) is 5.24. The summed E-state index contributed by atoms with van der Waals surface area (Å²) < 4.78 is 0. The molecule has 0 unspecified atom stereocenters. The first kappa shape index (κ1) is 14.1. The molecular formula is C12H14O6. The van der Waals surface area contributed by atoms with E-state index in [-0.39, 0.29) is 12.2 Å². The number of carboxylic acid groups (broad SMARTS) is 2. The average molecular weight is 254 g/mol. The molecule has 0 heterocycles. The number of aliphatic hydroxyl groups excluding tert-OH is 1. The molecule has 1 aromatic carbocycles. The van der Waals surface area contributed by atoms with E-state index in [2.05, 4.69) is 0 Å². The quantitative estimate of drug-likeness (QED) is 0.545. The predicted molar refractivity (Wildman–Crippen MR) is 61.1 cm³/mol. The monoisotopic (exact) mass is 254 g/mol. The number of hydrogen-bond acceptors (Lipinski definition) is 4. The molecular weight excluding hydrogens is 240 g/mol. The van der Waals surface area contributed by atoms with Gasteiger partial charge in [-0.05, 0) is 24.5 Å². The summed E-state index contributed by atoms with van der Waals surface area (Å²) >= 11 is 0. The zero-order chi connectivity index (χ0) is 13.9. The molecule has 6 heteroatoms. The fourth-order valence-electron chi connectivity index (χ4n) is 1.66. The van der Waals surface area contributed by atoms with Gasteiger partial charge >= 0.3 is 11.9 Å². The molecule has 0 spiro atoms. The molecule has 0 atom stereocenters. The van der Waals surface area contributed by atoms with Gasteiger partial charge in [0.05, 0.1) is 0 Å². The van der Waals surface area contributed by atoms with Crippen molar-refractivity contribution < 1.29 is 30.0 Å². The lowest BCUT2D eigenvalue weighted by atomic mass is 9.90. The predicted octanol–water partition coefficient (Wildman–Crippen LogP) is -0.113. The van der Waals surface area contributed by atoms with Gasteiger partial charge in [0.15, 0.2) is 0 Å². The van der Waals surface area contributed by atoms with Crippen LogP contribution in [0.3, 0.4) is 0 Å². The van der Waals surface area contributed by atoms with Gasteiger partial charge in [-0.25, -0.2) is 9.59 Å². The fourth-order valence-corrected chi connectivity index (χ4v) is 1.66. The highest BCUT2D eigenvalue weighted by Gasteiger charge is 2.46. The van der Waals surface area contributed by atoms with E-state index >= 15 is 0 Å². The van der Waals surface area contributed by atoms with Gasteiger partial charge in [-0.15, -0.1) is 0 Å². The summed E-state index contributed by atoms with van der Waals surface area (Å²) in [6.07, 6.45) is 0.380. The summed E-state index contributed by atoms with van der Waals surface area (Å²) in [7, 11) is 0. The molecule has 6 nitrogen and oxygen atoms in total. The van der Waals surface area contributed by atoms with Crippen LogP contribution in [0.15, 0.2) is 18.2 Å². The number of aliphatic hydroxyl groups is 2. The fraction of sp³-hybridized carbons (Fsp3) is 0.333. The third-order valence-corrected chi connectivity index (χ3v) is 2.76. The third kappa shape index (κ3) is 2.34. The van der Waals surface area contributed by atoms with Gasteiger partial charge in [-0.1, -0.05) is 18.2 Å². The van der Waals surface area contributed by atoms with Crippen LogP contribution >= 0.6 is 0 Å². The maximum absolute atomic E-state index is 10.9. The van der Waals surface area contributed by atoms with E-state index in [1.165, 1.54) is 18.2 Å². The van der Waals surface area contributed by atoms with Crippen molar-refractivity contribution in [1.82, 2.24) is 0 Å². The van der Waals surface area contributed by atoms with E-state index in [1.807, 2.05) is 0 Å². The highest BCUT2D eigenvalue weighted by Crippen LogP contribution is 2.24. The van der Waals surface area contributed by atoms with Crippen LogP contribution in [0.4, 0.5) is 0 Å². The van der Waals surface area contributed by atoms with Crippen molar-refractivity contribution in [2.75, 3.05) is 6.61 Å². The Kier molecular flexibility index (Phi) is 4.05. The van der Waals surface area contributed by atoms with Crippen molar-refractivity contribution in [3.8, 4) is 0 Å². The highest BCUT2D eigenvalue weighted by molar-refractivity contribution is 6.02. The zero-order valence-electron chi connectivity index (χ0n) is 9.75. The number of benzene rings is 1. The number of carbonyl (C=O) groups is 2. The van der Waals surface area contributed by atoms with E-state index in [0.717, 1.165) is 5.56 Å². The van der Waals surface area contributed by atoms with E-state index in [4.69, 9.17) is 15.3 Å². The van der Waals surface area contributed by atoms with Gasteiger partial charge in [-0.2, -0.15) is 0 Å². The van der Waals surface area contributed by atoms with Crippen molar-refractivity contribution in [1.29, 1.82) is 0 Å². The zero-order valence-corrected chi connectivity index (χ0v) is 9.75. The van der Waals surface area contributed by atoms with Crippen molar-refractivity contribution in [2.24, 2.45) is 0 Å². The second kappa shape index (κ2) is 5.16. The Hall–Kier alpha value is -1.92. The Morgan fingerprint density at radius 2 is 1.78 bits per heavy atom. The van der Waals surface area contributed by atoms with Gasteiger partial charge in [0.1, 0.15) is 0 Å². The van der Waals surface area contributed by atoms with Crippen molar-refractivity contribution >= 4 is 11.9 Å². The summed E-state index contributed by atoms with van der Waals surface area (Å²) in [6.45, 7) is 1.58. The van der Waals surface area contributed by atoms with Crippen LogP contribution in [0.25, 0.3) is 0 Å². The molecule has 0 aromatic heterocycles. The molecule has 1 rings (SSSR count). The lowest BCUT2D eigenvalue weighted by Crippen LogP contribution is -2.43. The normalized spacial score (nSPS) is 11.3. The molecule has 0 bridgehead atoms. The van der Waals surface area contributed by atoms with E-state index in [9.17, 15) is 14.7 Å². The molecule has 0 fully saturated rings. The van der Waals surface area contributed by atoms with Crippen LogP contribution in [-0.4, -0.2) is 39.0 Å². The summed E-state index contributed by atoms with van der Waals surface area (Å²) in [5, 5.41) is 36.2. The third-order valence-electron chi connectivity index (χ3n) is 2.76. The summed E-state index contributed by atoms with van der Waals surface area (Å²) in [6, 6.07) is 4.03. The maximum Gasteiger partial charge on any atom is 0.352 e. The standard InChI is InChI=1S/C12H14O6/c1-7-6-9(3-2-8(7)4-5-13)12(18,10(14)15)11(16)17/h2-3,6,13,18H,4-5H2,1H3,(H,14,15)(H,16,17). The Balaban J connectivity index is 3.28. The number of hydrogen-bond donors (Lipinski definition) is 4. The molecule has 0 saturated heterocycles. The second-order valence-corrected chi connectivity index (χ2v) is 3.94. The second-order valence-electron chi connectivity index (χ2n) is 3.94. The number of aryl methyl sites for hydroxylation is 1. The topological polar surface area (TPSA) is 115 Å². The largest absolute Gasteiger partial charge is 0.478 e. The van der Waals surface area contributed by atoms with Crippen LogP contribution < -0.4 is 0 Å². The molecule has 0 radical (unpaired) electrons. The Morgan fingerprint density at radius 3 is 2.17 bits per heavy atom. The molecule has 0 aliphatic carbocycles. The molecule has 0 saturated carbocycles. The van der Waals surface area contributed by atoms with Gasteiger partial charge in [0.2, 0.25) is 0 Å². The lowest BCUT2D eigenvalue weighted by Gasteiger charge is -2.20. The van der Waals surface area contributed by atoms with Crippen molar-refractivity contribution in [2.45, 2.75) is 18.9 Å². The van der Waals surface area contributed by atoms with Gasteiger partial charge in [-0.3, -0.25) is 0 Å². The van der Waals surface area contributed by atoms with Crippen molar-refractivity contribution in [3.05, 3.63) is 34.9 Å². The lowest BCUT2D eigenvalue weighted by molar-refractivity contribution is -0.177. The number of carboxylic acids is 2. The minimum atomic E-state index is -2.96. The van der Waals surface area contributed by atoms with Gasteiger partial charge in [0.25, 0.3) is 5.60 Å². The molecule has 18 heavy (non-hydrogen) atoms. The van der Waals surface area contributed by atoms with Crippen LogP contribution in [-0.2, 0) is 21.6 Å². The van der Waals surface area contributed by atoms with Crippen molar-refractivity contribution in [3.63, 3.8) is 0 Å². The summed E-state index contributed by atoms with van der Waals surface area (Å²) in [4.78, 5) is 21.8. The minimum Gasteiger partial charge on any atom is -0.478 e. The number of aliphatic carboxylic acids is 2. The van der Waals surface area contributed by atoms with Gasteiger partial charge in [0, 0.05) is 12.2 Å². The maximum atomic E-state index is 10.9. The molecule has 0 aliphatic rings. The Bertz CT molecular complexity index is 465. The average Bonchev–Trinajstić information content (AvgIpc) is 2.30. The van der Waals surface area contributed by atoms with E-state index in [0.29, 0.717) is 12.0 Å². The first-order valence-electron chi connectivity index (χ1n) is 5.24. The molecule has 0 aliphatic heterocycles. The SMILES string of the molecule is Cc1cc(C(O)(C(=O)O)C(=O)O)ccc1CCO. The molecule has 1 aromatic rings. The Morgan fingerprint density at radius 1 is 1.22 bits per heavy atom. The van der Waals surface area contributed by atoms with Crippen LogP contribution in [0.5, 0.6) is 0 Å². The molecule has 4 N–H and O–H groups in total. The van der Waals surface area contributed by atoms with E-state index in [1.54, 1.807) is 6.92 Å². The smallest absolute Gasteiger partial charge is 0.352 e.